The van der Waals surface area contributed by atoms with Crippen molar-refractivity contribution in [2.75, 3.05) is 6.61 Å². The molecule has 4 aliphatic rings. The van der Waals surface area contributed by atoms with Crippen molar-refractivity contribution in [2.45, 2.75) is 83.5 Å². The molecule has 162 valence electrons. The van der Waals surface area contributed by atoms with Crippen LogP contribution in [0.4, 0.5) is 0 Å². The third-order valence-corrected chi connectivity index (χ3v) is 9.11. The maximum atomic E-state index is 12.0. The van der Waals surface area contributed by atoms with Gasteiger partial charge in [-0.15, -0.1) is 0 Å². The highest BCUT2D eigenvalue weighted by Gasteiger charge is 2.68. The van der Waals surface area contributed by atoms with Crippen LogP contribution < -0.4 is 0 Å². The first-order valence-corrected chi connectivity index (χ1v) is 11.0. The quantitative estimate of drug-likeness (QED) is 0.621. The lowest BCUT2D eigenvalue weighted by Crippen LogP contribution is -2.63. The summed E-state index contributed by atoms with van der Waals surface area (Å²) in [6.07, 6.45) is 4.72. The smallest absolute Gasteiger partial charge is 0.302 e. The van der Waals surface area contributed by atoms with Crippen LogP contribution in [0.3, 0.4) is 0 Å². The summed E-state index contributed by atoms with van der Waals surface area (Å²) in [7, 11) is 0. The van der Waals surface area contributed by atoms with Crippen LogP contribution in [-0.4, -0.2) is 51.5 Å². The van der Waals surface area contributed by atoms with Gasteiger partial charge in [0.2, 0.25) is 0 Å². The van der Waals surface area contributed by atoms with Crippen LogP contribution >= 0.6 is 0 Å². The van der Waals surface area contributed by atoms with E-state index in [2.05, 4.69) is 6.92 Å². The van der Waals surface area contributed by atoms with Crippen LogP contribution in [0, 0.1) is 28.6 Å². The molecule has 0 bridgehead atoms. The topological polar surface area (TPSA) is 104 Å². The first-order valence-electron chi connectivity index (χ1n) is 11.0. The van der Waals surface area contributed by atoms with Gasteiger partial charge in [-0.1, -0.05) is 19.4 Å². The van der Waals surface area contributed by atoms with Gasteiger partial charge in [-0.3, -0.25) is 9.59 Å². The van der Waals surface area contributed by atoms with Gasteiger partial charge in [0.25, 0.3) is 0 Å². The predicted octanol–water partition coefficient (Wildman–Crippen LogP) is 2.14. The molecule has 0 heterocycles. The van der Waals surface area contributed by atoms with Gasteiger partial charge in [-0.2, -0.15) is 0 Å². The number of rotatable bonds is 3. The summed E-state index contributed by atoms with van der Waals surface area (Å²) < 4.78 is 4.99. The molecule has 6 heteroatoms. The third-order valence-electron chi connectivity index (χ3n) is 9.11. The Bertz CT molecular complexity index is 746. The van der Waals surface area contributed by atoms with Crippen molar-refractivity contribution < 1.29 is 29.6 Å². The van der Waals surface area contributed by atoms with Gasteiger partial charge < -0.3 is 20.1 Å². The lowest BCUT2D eigenvalue weighted by atomic mass is 9.45. The molecule has 0 amide bonds. The van der Waals surface area contributed by atoms with Crippen LogP contribution in [0.15, 0.2) is 11.6 Å². The van der Waals surface area contributed by atoms with E-state index in [1.54, 1.807) is 0 Å². The molecule has 3 N–H and O–H groups in total. The minimum atomic E-state index is -1.39. The zero-order chi connectivity index (χ0) is 21.2. The average molecular weight is 407 g/mol. The molecule has 0 unspecified atom stereocenters. The Morgan fingerprint density at radius 1 is 1.28 bits per heavy atom. The SMILES string of the molecule is CC(=O)OC[C@@H](O)[C@]1(O)CC[C@@H]2[C@H]3CCC4=CC(=O)CC[C@]4(C)[C@@H]3[C@@H](O)C[C@@]21C. The molecule has 0 radical (unpaired) electrons. The van der Waals surface area contributed by atoms with Gasteiger partial charge in [0.15, 0.2) is 5.78 Å². The molecule has 8 atom stereocenters. The summed E-state index contributed by atoms with van der Waals surface area (Å²) in [6.45, 7) is 5.24. The highest BCUT2D eigenvalue weighted by molar-refractivity contribution is 5.91. The Labute approximate surface area is 172 Å². The number of carbonyl (C=O) groups excluding carboxylic acids is 2. The number of carbonyl (C=O) groups is 2. The van der Waals surface area contributed by atoms with Crippen molar-refractivity contribution in [3.8, 4) is 0 Å². The van der Waals surface area contributed by atoms with Gasteiger partial charge in [-0.25, -0.2) is 0 Å². The van der Waals surface area contributed by atoms with E-state index in [1.807, 2.05) is 13.0 Å². The van der Waals surface area contributed by atoms with Crippen LogP contribution in [0.1, 0.15) is 65.7 Å². The van der Waals surface area contributed by atoms with Crippen molar-refractivity contribution in [2.24, 2.45) is 28.6 Å². The second-order valence-electron chi connectivity index (χ2n) is 10.4. The molecule has 0 aromatic heterocycles. The summed E-state index contributed by atoms with van der Waals surface area (Å²) in [5.41, 5.74) is -1.02. The van der Waals surface area contributed by atoms with Crippen molar-refractivity contribution >= 4 is 11.8 Å². The summed E-state index contributed by atoms with van der Waals surface area (Å²) in [4.78, 5) is 23.1. The standard InChI is InChI=1S/C23H34O6/c1-13(24)29-12-19(27)23(28)9-7-17-16-5-4-14-10-15(25)6-8-21(14,2)20(16)18(26)11-22(17,23)3/h10,16-20,26-28H,4-9,11-12H2,1-3H3/t16-,17-,18+,19-,20+,21+,22+,23-/m1/s1. The first kappa shape index (κ1) is 21.0. The highest BCUT2D eigenvalue weighted by atomic mass is 16.5. The molecular formula is C23H34O6. The minimum Gasteiger partial charge on any atom is -0.463 e. The third kappa shape index (κ3) is 2.94. The number of ketones is 1. The Morgan fingerprint density at radius 3 is 2.69 bits per heavy atom. The van der Waals surface area contributed by atoms with Crippen molar-refractivity contribution in [3.05, 3.63) is 11.6 Å². The van der Waals surface area contributed by atoms with Crippen molar-refractivity contribution in [1.29, 1.82) is 0 Å². The van der Waals surface area contributed by atoms with E-state index in [4.69, 9.17) is 4.74 Å². The highest BCUT2D eigenvalue weighted by Crippen LogP contribution is 2.68. The normalized spacial score (nSPS) is 47.5. The maximum Gasteiger partial charge on any atom is 0.302 e. The molecular weight excluding hydrogens is 372 g/mol. The van der Waals surface area contributed by atoms with Crippen LogP contribution in [0.2, 0.25) is 0 Å². The summed E-state index contributed by atoms with van der Waals surface area (Å²) >= 11 is 0. The minimum absolute atomic E-state index is 0.0710. The van der Waals surface area contributed by atoms with Crippen molar-refractivity contribution in [3.63, 3.8) is 0 Å². The summed E-state index contributed by atoms with van der Waals surface area (Å²) in [6, 6.07) is 0. The van der Waals surface area contributed by atoms with E-state index >= 15 is 0 Å². The number of allylic oxidation sites excluding steroid dienone is 1. The van der Waals surface area contributed by atoms with E-state index < -0.39 is 29.2 Å². The average Bonchev–Trinajstić information content (AvgIpc) is 2.91. The second-order valence-corrected chi connectivity index (χ2v) is 10.4. The zero-order valence-corrected chi connectivity index (χ0v) is 17.7. The molecule has 3 fully saturated rings. The van der Waals surface area contributed by atoms with Gasteiger partial charge in [-0.05, 0) is 67.8 Å². The number of ether oxygens (including phenoxy) is 1. The molecule has 29 heavy (non-hydrogen) atoms. The Morgan fingerprint density at radius 2 is 2.00 bits per heavy atom. The number of esters is 1. The molecule has 0 spiro atoms. The van der Waals surface area contributed by atoms with Crippen LogP contribution in [0.5, 0.6) is 0 Å². The first-order chi connectivity index (χ1) is 13.5. The number of aliphatic hydroxyl groups is 3. The number of hydrogen-bond donors (Lipinski definition) is 3. The fourth-order valence-electron chi connectivity index (χ4n) is 7.61. The lowest BCUT2D eigenvalue weighted by Gasteiger charge is -2.61. The predicted molar refractivity (Wildman–Crippen MR) is 106 cm³/mol. The number of hydrogen-bond acceptors (Lipinski definition) is 6. The van der Waals surface area contributed by atoms with Gasteiger partial charge in [0.1, 0.15) is 12.7 Å². The number of fused-ring (bicyclic) bond motifs is 5. The molecule has 6 nitrogen and oxygen atoms in total. The number of aliphatic hydroxyl groups excluding tert-OH is 2. The largest absolute Gasteiger partial charge is 0.463 e. The fourth-order valence-corrected chi connectivity index (χ4v) is 7.61. The molecule has 4 aliphatic carbocycles. The molecule has 3 saturated carbocycles. The Balaban J connectivity index is 1.65. The second kappa shape index (κ2) is 6.89. The molecule has 0 saturated heterocycles. The van der Waals surface area contributed by atoms with E-state index in [1.165, 1.54) is 12.5 Å². The van der Waals surface area contributed by atoms with E-state index in [-0.39, 0.29) is 35.6 Å². The van der Waals surface area contributed by atoms with Gasteiger partial charge in [0, 0.05) is 18.8 Å². The zero-order valence-electron chi connectivity index (χ0n) is 17.7. The fraction of sp³-hybridized carbons (Fsp3) is 0.826. The lowest BCUT2D eigenvalue weighted by molar-refractivity contribution is -0.210. The van der Waals surface area contributed by atoms with Gasteiger partial charge >= 0.3 is 5.97 Å². The monoisotopic (exact) mass is 406 g/mol. The Kier molecular flexibility index (Phi) is 4.99. The maximum absolute atomic E-state index is 12.0. The van der Waals surface area contributed by atoms with Crippen LogP contribution in [0.25, 0.3) is 0 Å². The molecule has 0 aliphatic heterocycles. The van der Waals surface area contributed by atoms with Crippen molar-refractivity contribution in [1.82, 2.24) is 0 Å². The summed E-state index contributed by atoms with van der Waals surface area (Å²) in [5.74, 6) is 0.205. The van der Waals surface area contributed by atoms with Crippen LogP contribution in [-0.2, 0) is 14.3 Å². The molecule has 4 rings (SSSR count). The van der Waals surface area contributed by atoms with Gasteiger partial charge in [0.05, 0.1) is 11.7 Å². The summed E-state index contributed by atoms with van der Waals surface area (Å²) in [5, 5.41) is 33.6. The molecule has 0 aromatic rings. The van der Waals surface area contributed by atoms with E-state index in [0.717, 1.165) is 25.7 Å². The van der Waals surface area contributed by atoms with E-state index in [0.29, 0.717) is 19.3 Å². The van der Waals surface area contributed by atoms with E-state index in [9.17, 15) is 24.9 Å². The Hall–Kier alpha value is -1.24. The molecule has 0 aromatic carbocycles.